The van der Waals surface area contributed by atoms with Gasteiger partial charge >= 0.3 is 0 Å². The number of hydrogen-bond acceptors (Lipinski definition) is 4. The van der Waals surface area contributed by atoms with Crippen LogP contribution in [0, 0.1) is 11.3 Å². The molecule has 0 saturated heterocycles. The van der Waals surface area contributed by atoms with E-state index in [0.29, 0.717) is 0 Å². The van der Waals surface area contributed by atoms with E-state index in [1.807, 2.05) is 0 Å². The molecule has 0 bridgehead atoms. The molecule has 0 rings (SSSR count). The lowest BCUT2D eigenvalue weighted by molar-refractivity contribution is -0.118. The summed E-state index contributed by atoms with van der Waals surface area (Å²) in [6.07, 6.45) is 0.412. The van der Waals surface area contributed by atoms with Crippen LogP contribution in [0.5, 0.6) is 0 Å². The van der Waals surface area contributed by atoms with E-state index in [1.54, 1.807) is 4.72 Å². The summed E-state index contributed by atoms with van der Waals surface area (Å²) >= 11 is 0. The Hall–Kier alpha value is -1.09. The molecule has 0 heterocycles. The van der Waals surface area contributed by atoms with Crippen molar-refractivity contribution in [1.82, 2.24) is 4.72 Å². The quantitative estimate of drug-likeness (QED) is 0.562. The average Bonchev–Trinajstić information content (AvgIpc) is 1.59. The van der Waals surface area contributed by atoms with E-state index in [0.717, 1.165) is 6.26 Å². The predicted octanol–water partition coefficient (Wildman–Crippen LogP) is -1.02. The maximum atomic E-state index is 10.3. The number of amides is 1. The maximum Gasteiger partial charge on any atom is 0.247 e. The highest BCUT2D eigenvalue weighted by Crippen LogP contribution is 1.78. The molecule has 0 aliphatic heterocycles. The third-order valence-electron chi connectivity index (χ3n) is 0.539. The van der Waals surface area contributed by atoms with Crippen molar-refractivity contribution >= 4 is 15.9 Å². The summed E-state index contributed by atoms with van der Waals surface area (Å²) in [4.78, 5) is 10.3. The Labute approximate surface area is 58.7 Å². The Balaban J connectivity index is 3.97. The third kappa shape index (κ3) is 5.05. The molecule has 10 heavy (non-hydrogen) atoms. The SMILES string of the molecule is CS(=O)(=O)NC(=O)CC#N. The van der Waals surface area contributed by atoms with Crippen molar-refractivity contribution in [2.24, 2.45) is 0 Å². The summed E-state index contributed by atoms with van der Waals surface area (Å²) in [5, 5.41) is 7.93. The molecule has 0 spiro atoms. The normalized spacial score (nSPS) is 10.0. The van der Waals surface area contributed by atoms with Gasteiger partial charge in [-0.2, -0.15) is 5.26 Å². The van der Waals surface area contributed by atoms with Gasteiger partial charge in [0.25, 0.3) is 0 Å². The van der Waals surface area contributed by atoms with E-state index in [2.05, 4.69) is 0 Å². The molecule has 0 aromatic carbocycles. The summed E-state index contributed by atoms with van der Waals surface area (Å²) in [7, 11) is -3.50. The van der Waals surface area contributed by atoms with Gasteiger partial charge in [-0.05, 0) is 0 Å². The summed E-state index contributed by atoms with van der Waals surface area (Å²) < 4.78 is 22.2. The zero-order chi connectivity index (χ0) is 8.20. The minimum absolute atomic E-state index is 0.437. The van der Waals surface area contributed by atoms with Gasteiger partial charge in [0.1, 0.15) is 6.42 Å². The average molecular weight is 162 g/mol. The monoisotopic (exact) mass is 162 g/mol. The Kier molecular flexibility index (Phi) is 2.83. The lowest BCUT2D eigenvalue weighted by Crippen LogP contribution is -2.28. The van der Waals surface area contributed by atoms with Gasteiger partial charge in [-0.25, -0.2) is 8.42 Å². The standard InChI is InChI=1S/C4H6N2O3S/c1-10(8,9)6-4(7)2-3-5/h2H2,1H3,(H,6,7). The first-order valence-corrected chi connectivity index (χ1v) is 4.22. The largest absolute Gasteiger partial charge is 0.273 e. The van der Waals surface area contributed by atoms with Gasteiger partial charge in [-0.1, -0.05) is 0 Å². The number of rotatable bonds is 2. The number of carbonyl (C=O) groups is 1. The van der Waals surface area contributed by atoms with Gasteiger partial charge in [-0.3, -0.25) is 9.52 Å². The minimum Gasteiger partial charge on any atom is -0.273 e. The predicted molar refractivity (Wildman–Crippen MR) is 33.2 cm³/mol. The van der Waals surface area contributed by atoms with Crippen molar-refractivity contribution in [3.05, 3.63) is 0 Å². The van der Waals surface area contributed by atoms with Crippen LogP contribution >= 0.6 is 0 Å². The molecule has 0 aromatic rings. The van der Waals surface area contributed by atoms with Gasteiger partial charge in [-0.15, -0.1) is 0 Å². The smallest absolute Gasteiger partial charge is 0.247 e. The van der Waals surface area contributed by atoms with Crippen LogP contribution in [0.25, 0.3) is 0 Å². The molecule has 1 N–H and O–H groups in total. The van der Waals surface area contributed by atoms with Gasteiger partial charge in [0.05, 0.1) is 12.3 Å². The van der Waals surface area contributed by atoms with Crippen LogP contribution in [0.1, 0.15) is 6.42 Å². The maximum absolute atomic E-state index is 10.3. The van der Waals surface area contributed by atoms with Crippen molar-refractivity contribution in [3.63, 3.8) is 0 Å². The van der Waals surface area contributed by atoms with Crippen LogP contribution < -0.4 is 4.72 Å². The molecule has 0 radical (unpaired) electrons. The molecular weight excluding hydrogens is 156 g/mol. The van der Waals surface area contributed by atoms with Crippen LogP contribution in [0.3, 0.4) is 0 Å². The third-order valence-corrected chi connectivity index (χ3v) is 1.14. The van der Waals surface area contributed by atoms with Crippen molar-refractivity contribution in [3.8, 4) is 6.07 Å². The van der Waals surface area contributed by atoms with Crippen molar-refractivity contribution in [2.45, 2.75) is 6.42 Å². The number of hydrogen-bond donors (Lipinski definition) is 1. The first-order valence-electron chi connectivity index (χ1n) is 2.33. The number of carbonyl (C=O) groups excluding carboxylic acids is 1. The second kappa shape index (κ2) is 3.17. The minimum atomic E-state index is -3.50. The zero-order valence-electron chi connectivity index (χ0n) is 5.29. The number of nitrogens with zero attached hydrogens (tertiary/aromatic N) is 1. The number of sulfonamides is 1. The molecule has 0 aliphatic rings. The van der Waals surface area contributed by atoms with Crippen LogP contribution in [-0.4, -0.2) is 20.6 Å². The Bertz CT molecular complexity index is 261. The van der Waals surface area contributed by atoms with Crippen molar-refractivity contribution in [2.75, 3.05) is 6.26 Å². The molecule has 6 heteroatoms. The summed E-state index contributed by atoms with van der Waals surface area (Å²) in [6.45, 7) is 0. The molecule has 5 nitrogen and oxygen atoms in total. The van der Waals surface area contributed by atoms with E-state index in [9.17, 15) is 13.2 Å². The fourth-order valence-corrected chi connectivity index (χ4v) is 0.800. The number of nitriles is 1. The lowest BCUT2D eigenvalue weighted by atomic mass is 10.5. The van der Waals surface area contributed by atoms with Crippen molar-refractivity contribution < 1.29 is 13.2 Å². The molecule has 0 atom stereocenters. The zero-order valence-corrected chi connectivity index (χ0v) is 6.10. The topological polar surface area (TPSA) is 87.0 Å². The second-order valence-electron chi connectivity index (χ2n) is 1.63. The Morgan fingerprint density at radius 3 is 2.50 bits per heavy atom. The Morgan fingerprint density at radius 1 is 1.70 bits per heavy atom. The Morgan fingerprint density at radius 2 is 2.20 bits per heavy atom. The highest BCUT2D eigenvalue weighted by Gasteiger charge is 2.05. The molecule has 1 amide bonds. The number of nitrogens with one attached hydrogen (secondary N) is 1. The van der Waals surface area contributed by atoms with E-state index in [4.69, 9.17) is 5.26 Å². The summed E-state index contributed by atoms with van der Waals surface area (Å²) in [6, 6.07) is 1.51. The van der Waals surface area contributed by atoms with Gasteiger partial charge < -0.3 is 0 Å². The van der Waals surface area contributed by atoms with Crippen LogP contribution in [0.2, 0.25) is 0 Å². The molecule has 0 aliphatic carbocycles. The molecule has 0 fully saturated rings. The van der Waals surface area contributed by atoms with Crippen molar-refractivity contribution in [1.29, 1.82) is 5.26 Å². The second-order valence-corrected chi connectivity index (χ2v) is 3.38. The molecule has 0 saturated carbocycles. The van der Waals surface area contributed by atoms with Crippen LogP contribution in [0.15, 0.2) is 0 Å². The first kappa shape index (κ1) is 8.91. The molecular formula is C4H6N2O3S. The van der Waals surface area contributed by atoms with E-state index >= 15 is 0 Å². The van der Waals surface area contributed by atoms with E-state index in [-0.39, 0.29) is 0 Å². The van der Waals surface area contributed by atoms with Crippen LogP contribution in [-0.2, 0) is 14.8 Å². The van der Waals surface area contributed by atoms with Crippen LogP contribution in [0.4, 0.5) is 0 Å². The summed E-state index contributed by atoms with van der Waals surface area (Å²) in [5.41, 5.74) is 0. The van der Waals surface area contributed by atoms with Gasteiger partial charge in [0, 0.05) is 0 Å². The van der Waals surface area contributed by atoms with E-state index in [1.165, 1.54) is 6.07 Å². The molecule has 56 valence electrons. The van der Waals surface area contributed by atoms with E-state index < -0.39 is 22.4 Å². The fourth-order valence-electron chi connectivity index (χ4n) is 0.315. The van der Waals surface area contributed by atoms with Gasteiger partial charge in [0.15, 0.2) is 0 Å². The highest BCUT2D eigenvalue weighted by atomic mass is 32.2. The lowest BCUT2D eigenvalue weighted by Gasteiger charge is -1.95. The van der Waals surface area contributed by atoms with Gasteiger partial charge in [0.2, 0.25) is 15.9 Å². The highest BCUT2D eigenvalue weighted by molar-refractivity contribution is 7.89. The first-order chi connectivity index (χ1) is 4.45. The fraction of sp³-hybridized carbons (Fsp3) is 0.500. The molecule has 0 unspecified atom stereocenters. The molecule has 0 aromatic heterocycles. The summed E-state index contributed by atoms with van der Waals surface area (Å²) in [5.74, 6) is -0.801.